The molecule has 134 valence electrons. The normalized spacial score (nSPS) is 23.0. The summed E-state index contributed by atoms with van der Waals surface area (Å²) in [4.78, 5) is 4.73. The van der Waals surface area contributed by atoms with Gasteiger partial charge in [0.1, 0.15) is 5.75 Å². The number of benzene rings is 1. The van der Waals surface area contributed by atoms with E-state index in [1.54, 1.807) is 0 Å². The molecular formula is C21H34N2O. The standard InChI is InChI=1S/C21H34N2O/c1-20(2,3)15-11-14(19(24)16(12-15)21(4,5)6)13-23-18-10-8-7-9-17(18)22/h11-13,17-18,24H,7-10,22H2,1-6H3/b23-13+/t17?,18-/m1/s1. The lowest BCUT2D eigenvalue weighted by molar-refractivity contribution is 0.387. The highest BCUT2D eigenvalue weighted by Gasteiger charge is 2.25. The van der Waals surface area contributed by atoms with Gasteiger partial charge in [0.15, 0.2) is 0 Å². The van der Waals surface area contributed by atoms with Crippen LogP contribution in [0.5, 0.6) is 5.75 Å². The number of hydrogen-bond acceptors (Lipinski definition) is 3. The van der Waals surface area contributed by atoms with Crippen LogP contribution in [0, 0.1) is 0 Å². The Bertz CT molecular complexity index is 605. The molecule has 2 atom stereocenters. The number of rotatable bonds is 2. The molecule has 0 saturated heterocycles. The molecule has 0 bridgehead atoms. The van der Waals surface area contributed by atoms with Crippen LogP contribution in [0.3, 0.4) is 0 Å². The molecule has 0 radical (unpaired) electrons. The van der Waals surface area contributed by atoms with Crippen LogP contribution in [-0.4, -0.2) is 23.4 Å². The molecule has 0 aromatic heterocycles. The van der Waals surface area contributed by atoms with Crippen LogP contribution >= 0.6 is 0 Å². The number of aliphatic imine (C=N–C) groups is 1. The molecule has 1 unspecified atom stereocenters. The molecule has 1 saturated carbocycles. The smallest absolute Gasteiger partial charge is 0.128 e. The molecule has 1 fully saturated rings. The summed E-state index contributed by atoms with van der Waals surface area (Å²) in [5.41, 5.74) is 9.12. The predicted molar refractivity (Wildman–Crippen MR) is 103 cm³/mol. The lowest BCUT2D eigenvalue weighted by Crippen LogP contribution is -2.36. The van der Waals surface area contributed by atoms with Gasteiger partial charge in [-0.25, -0.2) is 0 Å². The van der Waals surface area contributed by atoms with Crippen molar-refractivity contribution in [2.75, 3.05) is 0 Å². The fourth-order valence-corrected chi connectivity index (χ4v) is 3.26. The first-order valence-electron chi connectivity index (χ1n) is 9.17. The van der Waals surface area contributed by atoms with E-state index in [4.69, 9.17) is 10.7 Å². The van der Waals surface area contributed by atoms with Crippen molar-refractivity contribution in [3.05, 3.63) is 28.8 Å². The molecule has 3 N–H and O–H groups in total. The Labute approximate surface area is 147 Å². The van der Waals surface area contributed by atoms with Gasteiger partial charge in [0, 0.05) is 23.4 Å². The van der Waals surface area contributed by atoms with Crippen LogP contribution in [0.25, 0.3) is 0 Å². The zero-order chi connectivity index (χ0) is 18.1. The van der Waals surface area contributed by atoms with Gasteiger partial charge in [-0.05, 0) is 35.3 Å². The van der Waals surface area contributed by atoms with Gasteiger partial charge in [0.25, 0.3) is 0 Å². The number of hydrogen-bond donors (Lipinski definition) is 2. The molecular weight excluding hydrogens is 296 g/mol. The maximum Gasteiger partial charge on any atom is 0.128 e. The summed E-state index contributed by atoms with van der Waals surface area (Å²) in [6, 6.07) is 4.53. The molecule has 1 aromatic rings. The maximum absolute atomic E-state index is 10.8. The van der Waals surface area contributed by atoms with Gasteiger partial charge in [-0.1, -0.05) is 60.5 Å². The fourth-order valence-electron chi connectivity index (χ4n) is 3.26. The SMILES string of the molecule is CC(C)(C)c1cc(/C=N/[C@@H]2CCCCC2N)c(O)c(C(C)(C)C)c1. The molecule has 3 nitrogen and oxygen atoms in total. The minimum absolute atomic E-state index is 0.0253. The van der Waals surface area contributed by atoms with E-state index in [1.165, 1.54) is 18.4 Å². The Kier molecular flexibility index (Phi) is 5.44. The summed E-state index contributed by atoms with van der Waals surface area (Å²) in [5.74, 6) is 0.351. The van der Waals surface area contributed by atoms with Crippen molar-refractivity contribution in [3.63, 3.8) is 0 Å². The zero-order valence-electron chi connectivity index (χ0n) is 16.2. The molecule has 1 aliphatic rings. The number of nitrogens with zero attached hydrogens (tertiary/aromatic N) is 1. The lowest BCUT2D eigenvalue weighted by Gasteiger charge is -2.27. The number of phenols is 1. The van der Waals surface area contributed by atoms with Crippen LogP contribution in [0.4, 0.5) is 0 Å². The van der Waals surface area contributed by atoms with E-state index in [9.17, 15) is 5.11 Å². The highest BCUT2D eigenvalue weighted by molar-refractivity contribution is 5.85. The van der Waals surface area contributed by atoms with Crippen LogP contribution < -0.4 is 5.73 Å². The van der Waals surface area contributed by atoms with E-state index in [0.29, 0.717) is 5.75 Å². The van der Waals surface area contributed by atoms with Gasteiger partial charge in [-0.2, -0.15) is 0 Å². The lowest BCUT2D eigenvalue weighted by atomic mass is 9.79. The topological polar surface area (TPSA) is 58.6 Å². The highest BCUT2D eigenvalue weighted by Crippen LogP contribution is 2.37. The summed E-state index contributed by atoms with van der Waals surface area (Å²) < 4.78 is 0. The van der Waals surface area contributed by atoms with E-state index in [2.05, 4.69) is 53.7 Å². The largest absolute Gasteiger partial charge is 0.507 e. The Hall–Kier alpha value is -1.35. The molecule has 24 heavy (non-hydrogen) atoms. The highest BCUT2D eigenvalue weighted by atomic mass is 16.3. The molecule has 2 rings (SSSR count). The van der Waals surface area contributed by atoms with Crippen LogP contribution in [0.1, 0.15) is 83.9 Å². The quantitative estimate of drug-likeness (QED) is 0.774. The molecule has 0 amide bonds. The van der Waals surface area contributed by atoms with Crippen molar-refractivity contribution in [3.8, 4) is 5.75 Å². The Morgan fingerprint density at radius 3 is 2.21 bits per heavy atom. The van der Waals surface area contributed by atoms with E-state index in [-0.39, 0.29) is 22.9 Å². The van der Waals surface area contributed by atoms with Crippen LogP contribution in [0.15, 0.2) is 17.1 Å². The van der Waals surface area contributed by atoms with Gasteiger partial charge in [0.05, 0.1) is 6.04 Å². The van der Waals surface area contributed by atoms with Crippen molar-refractivity contribution >= 4 is 6.21 Å². The van der Waals surface area contributed by atoms with Gasteiger partial charge in [-0.15, -0.1) is 0 Å². The summed E-state index contributed by atoms with van der Waals surface area (Å²) in [7, 11) is 0. The Morgan fingerprint density at radius 1 is 1.04 bits per heavy atom. The third kappa shape index (κ3) is 4.38. The van der Waals surface area contributed by atoms with Crippen LogP contribution in [0.2, 0.25) is 0 Å². The van der Waals surface area contributed by atoms with E-state index < -0.39 is 0 Å². The van der Waals surface area contributed by atoms with Gasteiger partial charge < -0.3 is 10.8 Å². The van der Waals surface area contributed by atoms with E-state index >= 15 is 0 Å². The summed E-state index contributed by atoms with van der Waals surface area (Å²) >= 11 is 0. The summed E-state index contributed by atoms with van der Waals surface area (Å²) in [5, 5.41) is 10.8. The summed E-state index contributed by atoms with van der Waals surface area (Å²) in [6.45, 7) is 13.0. The average molecular weight is 331 g/mol. The van der Waals surface area contributed by atoms with Gasteiger partial charge >= 0.3 is 0 Å². The van der Waals surface area contributed by atoms with Crippen molar-refractivity contribution in [1.82, 2.24) is 0 Å². The minimum Gasteiger partial charge on any atom is -0.507 e. The minimum atomic E-state index is -0.116. The second-order valence-electron chi connectivity index (χ2n) is 9.26. The van der Waals surface area contributed by atoms with Gasteiger partial charge in [0.2, 0.25) is 0 Å². The second-order valence-corrected chi connectivity index (χ2v) is 9.26. The average Bonchev–Trinajstić information content (AvgIpc) is 2.45. The van der Waals surface area contributed by atoms with E-state index in [0.717, 1.165) is 24.0 Å². The first-order valence-corrected chi connectivity index (χ1v) is 9.17. The van der Waals surface area contributed by atoms with Crippen molar-refractivity contribution in [2.24, 2.45) is 10.7 Å². The van der Waals surface area contributed by atoms with Crippen molar-refractivity contribution in [2.45, 2.75) is 90.1 Å². The molecule has 0 heterocycles. The van der Waals surface area contributed by atoms with Crippen LogP contribution in [-0.2, 0) is 10.8 Å². The third-order valence-electron chi connectivity index (χ3n) is 5.00. The number of nitrogens with two attached hydrogens (primary N) is 1. The molecule has 1 aliphatic carbocycles. The zero-order valence-corrected chi connectivity index (χ0v) is 16.2. The maximum atomic E-state index is 10.8. The first-order chi connectivity index (χ1) is 11.0. The second kappa shape index (κ2) is 6.87. The number of aromatic hydroxyl groups is 1. The molecule has 0 spiro atoms. The monoisotopic (exact) mass is 330 g/mol. The molecule has 1 aromatic carbocycles. The fraction of sp³-hybridized carbons (Fsp3) is 0.667. The van der Waals surface area contributed by atoms with E-state index in [1.807, 2.05) is 6.21 Å². The predicted octanol–water partition coefficient (Wildman–Crippen LogP) is 4.68. The van der Waals surface area contributed by atoms with Crippen molar-refractivity contribution < 1.29 is 5.11 Å². The number of phenolic OH excluding ortho intramolecular Hbond substituents is 1. The Balaban J connectivity index is 2.44. The first kappa shape index (κ1) is 19.0. The molecule has 0 aliphatic heterocycles. The summed E-state index contributed by atoms with van der Waals surface area (Å²) in [6.07, 6.45) is 6.32. The van der Waals surface area contributed by atoms with Crippen molar-refractivity contribution in [1.29, 1.82) is 0 Å². The third-order valence-corrected chi connectivity index (χ3v) is 5.00. The van der Waals surface area contributed by atoms with Gasteiger partial charge in [-0.3, -0.25) is 4.99 Å². The molecule has 3 heteroatoms. The Morgan fingerprint density at radius 2 is 1.67 bits per heavy atom.